The maximum atomic E-state index is 6.94. The van der Waals surface area contributed by atoms with Crippen LogP contribution in [0.2, 0.25) is 0 Å². The van der Waals surface area contributed by atoms with Crippen molar-refractivity contribution in [1.82, 2.24) is 9.97 Å². The van der Waals surface area contributed by atoms with Crippen molar-refractivity contribution in [2.75, 3.05) is 0 Å². The molecule has 0 aliphatic rings. The number of fused-ring (bicyclic) bond motifs is 1. The summed E-state index contributed by atoms with van der Waals surface area (Å²) in [7, 11) is 0. The first-order valence-corrected chi connectivity index (χ1v) is 2.83. The van der Waals surface area contributed by atoms with Gasteiger partial charge in [-0.2, -0.15) is 0 Å². The maximum Gasteiger partial charge on any atom is 0.182 e. The number of H-pyrrole nitrogens is 1. The molecule has 50 valence electrons. The van der Waals surface area contributed by atoms with E-state index in [9.17, 15) is 0 Å². The molecule has 2 aromatic heterocycles. The molecule has 0 saturated heterocycles. The molecule has 0 fully saturated rings. The van der Waals surface area contributed by atoms with E-state index in [1.165, 1.54) is 12.6 Å². The molecule has 0 unspecified atom stereocenters. The fourth-order valence-corrected chi connectivity index (χ4v) is 0.882. The molecule has 2 aromatic rings. The van der Waals surface area contributed by atoms with E-state index >= 15 is 0 Å². The van der Waals surface area contributed by atoms with Gasteiger partial charge in [0, 0.05) is 12.4 Å². The van der Waals surface area contributed by atoms with Crippen LogP contribution >= 0.6 is 0 Å². The van der Waals surface area contributed by atoms with Gasteiger partial charge in [-0.1, -0.05) is 0 Å². The van der Waals surface area contributed by atoms with E-state index in [0.717, 1.165) is 5.52 Å². The SMILES string of the molecule is N=Cc1[nH]cc2ocnc12. The van der Waals surface area contributed by atoms with E-state index < -0.39 is 0 Å². The Balaban J connectivity index is 2.88. The highest BCUT2D eigenvalue weighted by Gasteiger charge is 2.03. The average Bonchev–Trinajstić information content (AvgIpc) is 2.44. The molecule has 0 aromatic carbocycles. The predicted molar refractivity (Wildman–Crippen MR) is 36.2 cm³/mol. The molecular formula is C6H5N3O. The minimum Gasteiger partial charge on any atom is -0.442 e. The summed E-state index contributed by atoms with van der Waals surface area (Å²) in [5.41, 5.74) is 2.09. The van der Waals surface area contributed by atoms with Gasteiger partial charge < -0.3 is 14.8 Å². The summed E-state index contributed by atoms with van der Waals surface area (Å²) in [6.45, 7) is 0. The van der Waals surface area contributed by atoms with Crippen LogP contribution < -0.4 is 0 Å². The summed E-state index contributed by atoms with van der Waals surface area (Å²) in [6.07, 6.45) is 4.26. The molecule has 0 aliphatic heterocycles. The minimum atomic E-state index is 0.684. The van der Waals surface area contributed by atoms with Crippen LogP contribution in [0.1, 0.15) is 5.69 Å². The monoisotopic (exact) mass is 135 g/mol. The Morgan fingerprint density at radius 3 is 3.40 bits per heavy atom. The van der Waals surface area contributed by atoms with E-state index in [0.29, 0.717) is 11.3 Å². The summed E-state index contributed by atoms with van der Waals surface area (Å²) in [4.78, 5) is 6.74. The first-order chi connectivity index (χ1) is 4.92. The Labute approximate surface area is 56.4 Å². The van der Waals surface area contributed by atoms with E-state index in [1.807, 2.05) is 0 Å². The van der Waals surface area contributed by atoms with E-state index in [4.69, 9.17) is 9.83 Å². The molecule has 0 radical (unpaired) electrons. The third-order valence-corrected chi connectivity index (χ3v) is 1.35. The van der Waals surface area contributed by atoms with Crippen LogP contribution in [0.4, 0.5) is 0 Å². The van der Waals surface area contributed by atoms with Gasteiger partial charge in [-0.25, -0.2) is 4.98 Å². The second-order valence-corrected chi connectivity index (χ2v) is 1.91. The Morgan fingerprint density at radius 1 is 1.70 bits per heavy atom. The zero-order valence-electron chi connectivity index (χ0n) is 5.09. The summed E-state index contributed by atoms with van der Waals surface area (Å²) in [6, 6.07) is 0. The van der Waals surface area contributed by atoms with Crippen LogP contribution in [0.3, 0.4) is 0 Å². The predicted octanol–water partition coefficient (Wildman–Crippen LogP) is 1.15. The van der Waals surface area contributed by atoms with Crippen molar-refractivity contribution in [2.24, 2.45) is 0 Å². The van der Waals surface area contributed by atoms with Gasteiger partial charge in [0.2, 0.25) is 0 Å². The number of nitrogens with one attached hydrogen (secondary N) is 2. The van der Waals surface area contributed by atoms with Crippen molar-refractivity contribution in [3.8, 4) is 0 Å². The van der Waals surface area contributed by atoms with Gasteiger partial charge in [0.1, 0.15) is 5.52 Å². The van der Waals surface area contributed by atoms with Crippen molar-refractivity contribution in [2.45, 2.75) is 0 Å². The van der Waals surface area contributed by atoms with Gasteiger partial charge in [0.15, 0.2) is 12.0 Å². The van der Waals surface area contributed by atoms with Crippen LogP contribution in [-0.2, 0) is 0 Å². The van der Waals surface area contributed by atoms with Crippen LogP contribution in [0.25, 0.3) is 11.1 Å². The number of aromatic nitrogens is 2. The Morgan fingerprint density at radius 2 is 2.60 bits per heavy atom. The molecule has 2 rings (SSSR count). The number of nitrogens with zero attached hydrogens (tertiary/aromatic N) is 1. The third-order valence-electron chi connectivity index (χ3n) is 1.35. The smallest absolute Gasteiger partial charge is 0.182 e. The normalized spacial score (nSPS) is 10.4. The molecule has 0 aliphatic carbocycles. The largest absolute Gasteiger partial charge is 0.442 e. The second-order valence-electron chi connectivity index (χ2n) is 1.91. The summed E-state index contributed by atoms with van der Waals surface area (Å²) in [5.74, 6) is 0. The Hall–Kier alpha value is -1.58. The van der Waals surface area contributed by atoms with E-state index in [2.05, 4.69) is 9.97 Å². The maximum absolute atomic E-state index is 6.94. The molecule has 0 saturated carbocycles. The zero-order chi connectivity index (χ0) is 6.97. The number of hydrogen-bond donors (Lipinski definition) is 2. The Bertz CT molecular complexity index is 360. The van der Waals surface area contributed by atoms with E-state index in [1.54, 1.807) is 6.20 Å². The van der Waals surface area contributed by atoms with Gasteiger partial charge in [0.25, 0.3) is 0 Å². The van der Waals surface area contributed by atoms with Crippen molar-refractivity contribution in [3.63, 3.8) is 0 Å². The highest BCUT2D eigenvalue weighted by Crippen LogP contribution is 2.13. The number of hydrogen-bond acceptors (Lipinski definition) is 3. The van der Waals surface area contributed by atoms with Gasteiger partial charge in [-0.15, -0.1) is 0 Å². The summed E-state index contributed by atoms with van der Waals surface area (Å²) < 4.78 is 4.95. The molecule has 2 N–H and O–H groups in total. The van der Waals surface area contributed by atoms with Gasteiger partial charge in [-0.3, -0.25) is 0 Å². The molecule has 0 spiro atoms. The van der Waals surface area contributed by atoms with Gasteiger partial charge >= 0.3 is 0 Å². The van der Waals surface area contributed by atoms with E-state index in [-0.39, 0.29) is 0 Å². The third kappa shape index (κ3) is 0.500. The lowest BCUT2D eigenvalue weighted by molar-refractivity contribution is 0.601. The van der Waals surface area contributed by atoms with Crippen molar-refractivity contribution in [1.29, 1.82) is 5.41 Å². The Kier molecular flexibility index (Phi) is 0.887. The van der Waals surface area contributed by atoms with Crippen molar-refractivity contribution >= 4 is 17.3 Å². The average molecular weight is 135 g/mol. The number of rotatable bonds is 1. The summed E-state index contributed by atoms with van der Waals surface area (Å²) >= 11 is 0. The lowest BCUT2D eigenvalue weighted by Gasteiger charge is -1.77. The van der Waals surface area contributed by atoms with Gasteiger partial charge in [-0.05, 0) is 0 Å². The first-order valence-electron chi connectivity index (χ1n) is 2.83. The molecule has 0 atom stereocenters. The molecule has 4 nitrogen and oxygen atoms in total. The van der Waals surface area contributed by atoms with Crippen LogP contribution in [-0.4, -0.2) is 16.2 Å². The van der Waals surface area contributed by atoms with Crippen molar-refractivity contribution in [3.05, 3.63) is 18.3 Å². The topological polar surface area (TPSA) is 65.7 Å². The molecule has 4 heteroatoms. The standard InChI is InChI=1S/C6H5N3O/c7-1-4-6-5(2-8-4)10-3-9-6/h1-3,7-8H. The van der Waals surface area contributed by atoms with Crippen LogP contribution in [0.5, 0.6) is 0 Å². The molecule has 2 heterocycles. The minimum absolute atomic E-state index is 0.684. The lowest BCUT2D eigenvalue weighted by atomic mass is 10.4. The molecule has 0 bridgehead atoms. The quantitative estimate of drug-likeness (QED) is 0.576. The first kappa shape index (κ1) is 5.22. The number of aromatic amines is 1. The van der Waals surface area contributed by atoms with Gasteiger partial charge in [0.05, 0.1) is 5.69 Å². The van der Waals surface area contributed by atoms with Crippen molar-refractivity contribution < 1.29 is 4.42 Å². The zero-order valence-corrected chi connectivity index (χ0v) is 5.09. The fourth-order valence-electron chi connectivity index (χ4n) is 0.882. The lowest BCUT2D eigenvalue weighted by Crippen LogP contribution is -1.77. The second kappa shape index (κ2) is 1.70. The molecule has 0 amide bonds. The highest BCUT2D eigenvalue weighted by atomic mass is 16.3. The molecular weight excluding hydrogens is 130 g/mol. The summed E-state index contributed by atoms with van der Waals surface area (Å²) in [5, 5.41) is 6.94. The molecule has 10 heavy (non-hydrogen) atoms. The fraction of sp³-hybridized carbons (Fsp3) is 0. The van der Waals surface area contributed by atoms with Crippen LogP contribution in [0.15, 0.2) is 17.0 Å². The highest BCUT2D eigenvalue weighted by molar-refractivity contribution is 5.92. The van der Waals surface area contributed by atoms with Crippen LogP contribution in [0, 0.1) is 5.41 Å². The number of oxazole rings is 1.